The van der Waals surface area contributed by atoms with Gasteiger partial charge >= 0.3 is 6.55 Å². The van der Waals surface area contributed by atoms with E-state index >= 15 is 0 Å². The summed E-state index contributed by atoms with van der Waals surface area (Å²) in [6.45, 7) is -1.93. The number of halogens is 2. The highest BCUT2D eigenvalue weighted by Crippen LogP contribution is 2.11. The molecule has 0 saturated carbocycles. The smallest absolute Gasteiger partial charge is 0.319 e. The third-order valence-corrected chi connectivity index (χ3v) is 2.26. The van der Waals surface area contributed by atoms with Gasteiger partial charge in [0.15, 0.2) is 0 Å². The minimum atomic E-state index is -2.59. The summed E-state index contributed by atoms with van der Waals surface area (Å²) in [7, 11) is 3.34. The number of nitrogens with zero attached hydrogens (tertiary/aromatic N) is 3. The van der Waals surface area contributed by atoms with E-state index in [9.17, 15) is 13.6 Å². The zero-order valence-corrected chi connectivity index (χ0v) is 9.86. The van der Waals surface area contributed by atoms with Crippen molar-refractivity contribution in [2.24, 2.45) is 0 Å². The van der Waals surface area contributed by atoms with Gasteiger partial charge in [-0.25, -0.2) is 4.98 Å². The Balaban J connectivity index is 2.31. The van der Waals surface area contributed by atoms with Gasteiger partial charge in [0, 0.05) is 39.5 Å². The van der Waals surface area contributed by atoms with Gasteiger partial charge in [0.1, 0.15) is 5.82 Å². The molecule has 17 heavy (non-hydrogen) atoms. The number of rotatable bonds is 6. The summed E-state index contributed by atoms with van der Waals surface area (Å²) in [5, 5.41) is 2.90. The highest BCUT2D eigenvalue weighted by atomic mass is 19.3. The molecule has 0 aliphatic rings. The van der Waals surface area contributed by atoms with E-state index in [-0.39, 0.29) is 18.3 Å². The lowest BCUT2D eigenvalue weighted by atomic mass is 10.4. The molecular formula is C10H16F2N4O. The lowest BCUT2D eigenvalue weighted by molar-refractivity contribution is -0.128. The summed E-state index contributed by atoms with van der Waals surface area (Å²) in [6, 6.07) is 0. The molecule has 0 aliphatic heterocycles. The Morgan fingerprint density at radius 2 is 2.29 bits per heavy atom. The first kappa shape index (κ1) is 13.6. The van der Waals surface area contributed by atoms with Crippen molar-refractivity contribution in [2.45, 2.75) is 19.5 Å². The van der Waals surface area contributed by atoms with Crippen LogP contribution in [-0.2, 0) is 11.3 Å². The number of hydrogen-bond acceptors (Lipinski definition) is 3. The molecule has 0 fully saturated rings. The van der Waals surface area contributed by atoms with Crippen molar-refractivity contribution in [2.75, 3.05) is 20.6 Å². The molecule has 7 heteroatoms. The minimum Gasteiger partial charge on any atom is -0.349 e. The van der Waals surface area contributed by atoms with Gasteiger partial charge in [0.25, 0.3) is 0 Å². The molecule has 0 saturated heterocycles. The average molecular weight is 246 g/mol. The van der Waals surface area contributed by atoms with Crippen molar-refractivity contribution >= 4 is 5.91 Å². The van der Waals surface area contributed by atoms with E-state index in [0.29, 0.717) is 13.0 Å². The molecule has 1 aromatic rings. The van der Waals surface area contributed by atoms with Crippen molar-refractivity contribution in [3.63, 3.8) is 0 Å². The molecule has 1 heterocycles. The molecule has 0 radical (unpaired) electrons. The van der Waals surface area contributed by atoms with Crippen molar-refractivity contribution < 1.29 is 13.6 Å². The normalized spacial score (nSPS) is 10.9. The lowest BCUT2D eigenvalue weighted by Gasteiger charge is -2.11. The average Bonchev–Trinajstić information content (AvgIpc) is 2.72. The number of alkyl halides is 2. The van der Waals surface area contributed by atoms with Gasteiger partial charge in [-0.05, 0) is 0 Å². The van der Waals surface area contributed by atoms with E-state index < -0.39 is 6.55 Å². The van der Waals surface area contributed by atoms with Gasteiger partial charge < -0.3 is 10.2 Å². The predicted molar refractivity (Wildman–Crippen MR) is 58.5 cm³/mol. The number of hydrogen-bond donors (Lipinski definition) is 1. The van der Waals surface area contributed by atoms with E-state index in [1.807, 2.05) is 0 Å². The monoisotopic (exact) mass is 246 g/mol. The molecule has 0 atom stereocenters. The molecule has 0 spiro atoms. The second-order valence-corrected chi connectivity index (χ2v) is 3.74. The molecule has 0 aromatic carbocycles. The predicted octanol–water partition coefficient (Wildman–Crippen LogP) is 0.846. The standard InChI is InChI=1S/C10H16F2N4O/c1-15(2)9(17)3-4-13-7-8-14-5-6-16(8)10(11)12/h5-6,10,13H,3-4,7H2,1-2H3. The van der Waals surface area contributed by atoms with Crippen LogP contribution >= 0.6 is 0 Å². The largest absolute Gasteiger partial charge is 0.349 e. The maximum Gasteiger partial charge on any atom is 0.319 e. The molecule has 1 N–H and O–H groups in total. The summed E-state index contributed by atoms with van der Waals surface area (Å²) >= 11 is 0. The van der Waals surface area contributed by atoms with Crippen LogP contribution in [0.5, 0.6) is 0 Å². The van der Waals surface area contributed by atoms with Crippen molar-refractivity contribution in [1.82, 2.24) is 19.8 Å². The Kier molecular flexibility index (Phi) is 5.02. The molecule has 5 nitrogen and oxygen atoms in total. The molecule has 1 aromatic heterocycles. The molecule has 0 aliphatic carbocycles. The highest BCUT2D eigenvalue weighted by Gasteiger charge is 2.10. The van der Waals surface area contributed by atoms with Crippen molar-refractivity contribution in [1.29, 1.82) is 0 Å². The summed E-state index contributed by atoms with van der Waals surface area (Å²) in [5.74, 6) is 0.256. The maximum absolute atomic E-state index is 12.4. The Hall–Kier alpha value is -1.50. The third-order valence-electron chi connectivity index (χ3n) is 2.26. The van der Waals surface area contributed by atoms with Gasteiger partial charge in [0.05, 0.1) is 6.54 Å². The van der Waals surface area contributed by atoms with Crippen molar-refractivity contribution in [3.8, 4) is 0 Å². The van der Waals surface area contributed by atoms with Crippen LogP contribution in [0.3, 0.4) is 0 Å². The van der Waals surface area contributed by atoms with Crippen LogP contribution < -0.4 is 5.32 Å². The van der Waals surface area contributed by atoms with E-state index in [2.05, 4.69) is 10.3 Å². The topological polar surface area (TPSA) is 50.2 Å². The third kappa shape index (κ3) is 4.10. The molecule has 1 amide bonds. The van der Waals surface area contributed by atoms with Crippen LogP contribution in [0.15, 0.2) is 12.4 Å². The van der Waals surface area contributed by atoms with E-state index in [0.717, 1.165) is 4.57 Å². The zero-order valence-electron chi connectivity index (χ0n) is 9.86. The van der Waals surface area contributed by atoms with Gasteiger partial charge in [-0.15, -0.1) is 0 Å². The first-order chi connectivity index (χ1) is 8.02. The Bertz CT molecular complexity index is 365. The van der Waals surface area contributed by atoms with Crippen LogP contribution in [0, 0.1) is 0 Å². The summed E-state index contributed by atoms with van der Waals surface area (Å²) in [5.41, 5.74) is 0. The maximum atomic E-state index is 12.4. The number of aromatic nitrogens is 2. The number of nitrogens with one attached hydrogen (secondary N) is 1. The minimum absolute atomic E-state index is 0.00491. The van der Waals surface area contributed by atoms with E-state index in [4.69, 9.17) is 0 Å². The summed E-state index contributed by atoms with van der Waals surface area (Å²) in [6.07, 6.45) is 2.89. The quantitative estimate of drug-likeness (QED) is 0.757. The Morgan fingerprint density at radius 3 is 2.88 bits per heavy atom. The molecule has 1 rings (SSSR count). The highest BCUT2D eigenvalue weighted by molar-refractivity contribution is 5.75. The summed E-state index contributed by atoms with van der Waals surface area (Å²) in [4.78, 5) is 16.5. The Labute approximate surface area is 98.4 Å². The fourth-order valence-corrected chi connectivity index (χ4v) is 1.28. The number of carbonyl (C=O) groups is 1. The van der Waals surface area contributed by atoms with Gasteiger partial charge in [-0.2, -0.15) is 8.78 Å². The molecular weight excluding hydrogens is 230 g/mol. The van der Waals surface area contributed by atoms with Gasteiger partial charge in [-0.1, -0.05) is 0 Å². The molecule has 0 bridgehead atoms. The van der Waals surface area contributed by atoms with Crippen molar-refractivity contribution in [3.05, 3.63) is 18.2 Å². The second-order valence-electron chi connectivity index (χ2n) is 3.74. The Morgan fingerprint density at radius 1 is 1.59 bits per heavy atom. The number of imidazole rings is 1. The van der Waals surface area contributed by atoms with Crippen LogP contribution in [0.2, 0.25) is 0 Å². The SMILES string of the molecule is CN(C)C(=O)CCNCc1nccn1C(F)F. The van der Waals surface area contributed by atoms with Gasteiger partial charge in [0.2, 0.25) is 5.91 Å². The molecule has 96 valence electrons. The van der Waals surface area contributed by atoms with Crippen LogP contribution in [-0.4, -0.2) is 41.0 Å². The first-order valence-electron chi connectivity index (χ1n) is 5.23. The fourth-order valence-electron chi connectivity index (χ4n) is 1.28. The van der Waals surface area contributed by atoms with Gasteiger partial charge in [-0.3, -0.25) is 9.36 Å². The first-order valence-corrected chi connectivity index (χ1v) is 5.23. The lowest BCUT2D eigenvalue weighted by Crippen LogP contribution is -2.27. The van der Waals surface area contributed by atoms with Crippen LogP contribution in [0.1, 0.15) is 18.8 Å². The molecule has 0 unspecified atom stereocenters. The van der Waals surface area contributed by atoms with E-state index in [1.165, 1.54) is 17.3 Å². The zero-order chi connectivity index (χ0) is 12.8. The fraction of sp³-hybridized carbons (Fsp3) is 0.600. The summed E-state index contributed by atoms with van der Waals surface area (Å²) < 4.78 is 25.7. The number of carbonyl (C=O) groups excluding carboxylic acids is 1. The van der Waals surface area contributed by atoms with Crippen LogP contribution in [0.4, 0.5) is 8.78 Å². The second kappa shape index (κ2) is 6.29. The van der Waals surface area contributed by atoms with Crippen LogP contribution in [0.25, 0.3) is 0 Å². The number of amides is 1. The van der Waals surface area contributed by atoms with E-state index in [1.54, 1.807) is 14.1 Å².